The largest absolute Gasteiger partial charge is 0.336 e. The molecule has 2 amide bonds. The Balaban J connectivity index is 1.98. The van der Waals surface area contributed by atoms with E-state index < -0.39 is 6.67 Å². The first-order valence-corrected chi connectivity index (χ1v) is 6.52. The van der Waals surface area contributed by atoms with Crippen molar-refractivity contribution in [1.82, 2.24) is 10.6 Å². The van der Waals surface area contributed by atoms with Crippen LogP contribution in [0.25, 0.3) is 0 Å². The maximum Gasteiger partial charge on any atom is 0.315 e. The second-order valence-corrected chi connectivity index (χ2v) is 6.25. The number of hydrogen-bond acceptors (Lipinski definition) is 1. The van der Waals surface area contributed by atoms with Crippen molar-refractivity contribution in [3.05, 3.63) is 0 Å². The highest BCUT2D eigenvalue weighted by Crippen LogP contribution is 2.65. The first kappa shape index (κ1) is 12.7. The lowest BCUT2D eigenvalue weighted by Crippen LogP contribution is -2.50. The van der Waals surface area contributed by atoms with Crippen molar-refractivity contribution in [2.75, 3.05) is 13.2 Å². The van der Waals surface area contributed by atoms with Gasteiger partial charge < -0.3 is 10.6 Å². The number of urea groups is 1. The third kappa shape index (κ3) is 1.81. The smallest absolute Gasteiger partial charge is 0.315 e. The molecular weight excluding hydrogens is 219 g/mol. The van der Waals surface area contributed by atoms with Gasteiger partial charge in [0.2, 0.25) is 0 Å². The molecule has 2 rings (SSSR count). The van der Waals surface area contributed by atoms with Crippen LogP contribution in [0.1, 0.15) is 40.0 Å². The molecule has 0 aliphatic heterocycles. The lowest BCUT2D eigenvalue weighted by Gasteiger charge is -2.39. The van der Waals surface area contributed by atoms with Crippen molar-refractivity contribution in [2.24, 2.45) is 16.7 Å². The summed E-state index contributed by atoms with van der Waals surface area (Å²) in [7, 11) is 0. The quantitative estimate of drug-likeness (QED) is 0.784. The van der Waals surface area contributed by atoms with Crippen molar-refractivity contribution in [3.63, 3.8) is 0 Å². The summed E-state index contributed by atoms with van der Waals surface area (Å²) in [5.41, 5.74) is 0.482. The molecule has 2 N–H and O–H groups in total. The van der Waals surface area contributed by atoms with E-state index in [0.29, 0.717) is 11.3 Å². The number of hydrogen-bond donors (Lipinski definition) is 2. The molecule has 0 saturated heterocycles. The SMILES string of the molecule is CC1(C)C2CCC1(C)C(NC(=O)NCCF)C2. The van der Waals surface area contributed by atoms with Crippen molar-refractivity contribution < 1.29 is 9.18 Å². The van der Waals surface area contributed by atoms with Crippen LogP contribution in [-0.2, 0) is 0 Å². The maximum absolute atomic E-state index is 12.0. The molecule has 2 saturated carbocycles. The fraction of sp³-hybridized carbons (Fsp3) is 0.923. The number of alkyl halides is 1. The number of nitrogens with one attached hydrogen (secondary N) is 2. The van der Waals surface area contributed by atoms with Gasteiger partial charge in [-0.15, -0.1) is 0 Å². The van der Waals surface area contributed by atoms with Crippen molar-refractivity contribution in [1.29, 1.82) is 0 Å². The van der Waals surface area contributed by atoms with E-state index in [2.05, 4.69) is 31.4 Å². The maximum atomic E-state index is 12.0. The van der Waals surface area contributed by atoms with Gasteiger partial charge in [0.25, 0.3) is 0 Å². The Morgan fingerprint density at radius 2 is 2.12 bits per heavy atom. The lowest BCUT2D eigenvalue weighted by molar-refractivity contribution is 0.123. The van der Waals surface area contributed by atoms with Crippen LogP contribution in [-0.4, -0.2) is 25.3 Å². The molecule has 0 radical (unpaired) electrons. The molecule has 0 aromatic rings. The van der Waals surface area contributed by atoms with Crippen LogP contribution in [0, 0.1) is 16.7 Å². The van der Waals surface area contributed by atoms with Gasteiger partial charge in [-0.05, 0) is 36.0 Å². The Kier molecular flexibility index (Phi) is 3.08. The third-order valence-electron chi connectivity index (χ3n) is 5.48. The fourth-order valence-corrected chi connectivity index (χ4v) is 3.79. The van der Waals surface area contributed by atoms with Crippen molar-refractivity contribution in [3.8, 4) is 0 Å². The molecule has 3 atom stereocenters. The minimum absolute atomic E-state index is 0.0993. The third-order valence-corrected chi connectivity index (χ3v) is 5.48. The molecule has 0 aromatic heterocycles. The van der Waals surface area contributed by atoms with Gasteiger partial charge in [0.05, 0.1) is 0 Å². The zero-order chi connectivity index (χ0) is 12.7. The highest BCUT2D eigenvalue weighted by atomic mass is 19.1. The summed E-state index contributed by atoms with van der Waals surface area (Å²) in [5.74, 6) is 0.707. The van der Waals surface area contributed by atoms with Gasteiger partial charge in [0.1, 0.15) is 6.67 Å². The van der Waals surface area contributed by atoms with E-state index in [9.17, 15) is 9.18 Å². The summed E-state index contributed by atoms with van der Waals surface area (Å²) in [5, 5.41) is 5.56. The molecule has 3 unspecified atom stereocenters. The Labute approximate surface area is 103 Å². The van der Waals surface area contributed by atoms with E-state index >= 15 is 0 Å². The van der Waals surface area contributed by atoms with Crippen LogP contribution in [0.5, 0.6) is 0 Å². The average Bonchev–Trinajstić information content (AvgIpc) is 2.59. The predicted molar refractivity (Wildman–Crippen MR) is 65.5 cm³/mol. The van der Waals surface area contributed by atoms with Gasteiger partial charge in [0, 0.05) is 12.6 Å². The zero-order valence-electron chi connectivity index (χ0n) is 11.0. The molecule has 2 bridgehead atoms. The van der Waals surface area contributed by atoms with Crippen LogP contribution in [0.15, 0.2) is 0 Å². The zero-order valence-corrected chi connectivity index (χ0v) is 11.0. The molecular formula is C13H23FN2O. The normalized spacial score (nSPS) is 38.1. The Bertz CT molecular complexity index is 319. The molecule has 2 fully saturated rings. The molecule has 0 heterocycles. The van der Waals surface area contributed by atoms with Gasteiger partial charge in [0.15, 0.2) is 0 Å². The number of carbonyl (C=O) groups excluding carboxylic acids is 1. The van der Waals surface area contributed by atoms with E-state index in [1.54, 1.807) is 0 Å². The minimum Gasteiger partial charge on any atom is -0.336 e. The second-order valence-electron chi connectivity index (χ2n) is 6.25. The van der Waals surface area contributed by atoms with Crippen LogP contribution in [0.3, 0.4) is 0 Å². The van der Waals surface area contributed by atoms with Crippen LogP contribution in [0.2, 0.25) is 0 Å². The van der Waals surface area contributed by atoms with E-state index in [1.165, 1.54) is 12.8 Å². The number of halogens is 1. The molecule has 2 aliphatic carbocycles. The molecule has 17 heavy (non-hydrogen) atoms. The molecule has 4 heteroatoms. The summed E-state index contributed by atoms with van der Waals surface area (Å²) in [4.78, 5) is 11.6. The first-order chi connectivity index (χ1) is 7.91. The van der Waals surface area contributed by atoms with E-state index in [-0.39, 0.29) is 24.0 Å². The van der Waals surface area contributed by atoms with Gasteiger partial charge in [-0.1, -0.05) is 20.8 Å². The van der Waals surface area contributed by atoms with Crippen LogP contribution < -0.4 is 10.6 Å². The van der Waals surface area contributed by atoms with Crippen molar-refractivity contribution >= 4 is 6.03 Å². The fourth-order valence-electron chi connectivity index (χ4n) is 3.79. The molecule has 2 aliphatic rings. The summed E-state index contributed by atoms with van der Waals surface area (Å²) in [6.45, 7) is 6.49. The van der Waals surface area contributed by atoms with Crippen LogP contribution in [0.4, 0.5) is 9.18 Å². The van der Waals surface area contributed by atoms with Gasteiger partial charge in [-0.3, -0.25) is 0 Å². The summed E-state index contributed by atoms with van der Waals surface area (Å²) < 4.78 is 12.0. The predicted octanol–water partition coefficient (Wildman–Crippen LogP) is 2.47. The van der Waals surface area contributed by atoms with Crippen LogP contribution >= 0.6 is 0 Å². The molecule has 0 aromatic carbocycles. The van der Waals surface area contributed by atoms with E-state index in [4.69, 9.17) is 0 Å². The monoisotopic (exact) mass is 242 g/mol. The number of amides is 2. The van der Waals surface area contributed by atoms with Crippen molar-refractivity contribution in [2.45, 2.75) is 46.1 Å². The Morgan fingerprint density at radius 3 is 2.59 bits per heavy atom. The lowest BCUT2D eigenvalue weighted by atomic mass is 9.69. The van der Waals surface area contributed by atoms with E-state index in [0.717, 1.165) is 6.42 Å². The molecule has 0 spiro atoms. The Hall–Kier alpha value is -0.800. The summed E-state index contributed by atoms with van der Waals surface area (Å²) in [6, 6.07) is 0.00749. The summed E-state index contributed by atoms with van der Waals surface area (Å²) in [6.07, 6.45) is 3.51. The molecule has 3 nitrogen and oxygen atoms in total. The summed E-state index contributed by atoms with van der Waals surface area (Å²) >= 11 is 0. The van der Waals surface area contributed by atoms with Gasteiger partial charge in [-0.25, -0.2) is 9.18 Å². The second kappa shape index (κ2) is 4.14. The number of fused-ring (bicyclic) bond motifs is 2. The standard InChI is InChI=1S/C13H23FN2O/c1-12(2)9-4-5-13(12,3)10(8-9)16-11(17)15-7-6-14/h9-10H,4-8H2,1-3H3,(H2,15,16,17). The van der Waals surface area contributed by atoms with Gasteiger partial charge >= 0.3 is 6.03 Å². The highest BCUT2D eigenvalue weighted by Gasteiger charge is 2.61. The van der Waals surface area contributed by atoms with E-state index in [1.807, 2.05) is 0 Å². The highest BCUT2D eigenvalue weighted by molar-refractivity contribution is 5.74. The minimum atomic E-state index is -0.510. The average molecular weight is 242 g/mol. The first-order valence-electron chi connectivity index (χ1n) is 6.52. The van der Waals surface area contributed by atoms with Gasteiger partial charge in [-0.2, -0.15) is 0 Å². The number of carbonyl (C=O) groups is 1. The topological polar surface area (TPSA) is 41.1 Å². The Morgan fingerprint density at radius 1 is 1.41 bits per heavy atom. The number of rotatable bonds is 3. The molecule has 98 valence electrons.